The van der Waals surface area contributed by atoms with Gasteiger partial charge in [0.2, 0.25) is 0 Å². The number of aromatic nitrogens is 3. The number of rotatable bonds is 23. The molecule has 386 valence electrons. The molecular formula is C52H71IN8O7S3. The van der Waals surface area contributed by atoms with E-state index in [9.17, 15) is 24.0 Å². The maximum Gasteiger partial charge on any atom is 0.407 e. The zero-order valence-corrected chi connectivity index (χ0v) is 47.1. The van der Waals surface area contributed by atoms with E-state index >= 15 is 0 Å². The SMILES string of the molecule is CC(C)c1nc(CN(C(=O)NC(C)(C)C(=O)C[C@H](CC[C@H](Cc2ccccc2)NC(=O)OCc2cncs2)Cc2ccccc2)C2CC2)cs1.CC(C)c1nc(CN(C)C(=O)NC(C)(C)C(=O)O)cs1.I. The van der Waals surface area contributed by atoms with E-state index in [2.05, 4.69) is 77.9 Å². The van der Waals surface area contributed by atoms with Crippen molar-refractivity contribution >= 4 is 87.9 Å². The molecule has 5 amide bonds. The van der Waals surface area contributed by atoms with Crippen molar-refractivity contribution < 1.29 is 33.8 Å². The fourth-order valence-electron chi connectivity index (χ4n) is 7.35. The molecule has 15 nitrogen and oxygen atoms in total. The number of halogens is 1. The highest BCUT2D eigenvalue weighted by molar-refractivity contribution is 14.0. The largest absolute Gasteiger partial charge is 0.480 e. The maximum atomic E-state index is 14.0. The zero-order chi connectivity index (χ0) is 51.0. The minimum Gasteiger partial charge on any atom is -0.480 e. The van der Waals surface area contributed by atoms with Gasteiger partial charge in [0, 0.05) is 54.3 Å². The number of carbonyl (C=O) groups excluding carboxylic acids is 4. The van der Waals surface area contributed by atoms with Gasteiger partial charge < -0.3 is 35.6 Å². The summed E-state index contributed by atoms with van der Waals surface area (Å²) >= 11 is 4.63. The predicted octanol–water partition coefficient (Wildman–Crippen LogP) is 11.2. The number of carboxylic acids is 1. The highest BCUT2D eigenvalue weighted by atomic mass is 127. The van der Waals surface area contributed by atoms with Crippen LogP contribution in [-0.4, -0.2) is 90.0 Å². The minimum absolute atomic E-state index is 0. The number of urea groups is 2. The second kappa shape index (κ2) is 27.7. The fraction of sp³-hybridized carbons (Fsp3) is 0.500. The molecule has 5 aromatic rings. The number of nitrogens with zero attached hydrogens (tertiary/aromatic N) is 5. The van der Waals surface area contributed by atoms with Crippen LogP contribution < -0.4 is 16.0 Å². The Balaban J connectivity index is 0.000000439. The van der Waals surface area contributed by atoms with Gasteiger partial charge in [0.25, 0.3) is 0 Å². The van der Waals surface area contributed by atoms with Gasteiger partial charge in [-0.25, -0.2) is 29.1 Å². The van der Waals surface area contributed by atoms with Crippen molar-refractivity contribution in [3.05, 3.63) is 121 Å². The Labute approximate surface area is 448 Å². The number of nitrogens with one attached hydrogen (secondary N) is 3. The van der Waals surface area contributed by atoms with E-state index in [0.29, 0.717) is 57.0 Å². The van der Waals surface area contributed by atoms with Gasteiger partial charge in [-0.2, -0.15) is 0 Å². The predicted molar refractivity (Wildman–Crippen MR) is 293 cm³/mol. The number of ketones is 1. The number of carbonyl (C=O) groups is 5. The molecule has 6 rings (SSSR count). The monoisotopic (exact) mass is 1140 g/mol. The van der Waals surface area contributed by atoms with Crippen LogP contribution in [0.3, 0.4) is 0 Å². The van der Waals surface area contributed by atoms with Crippen molar-refractivity contribution in [1.82, 2.24) is 40.7 Å². The second-order valence-corrected chi connectivity index (χ2v) is 22.4. The van der Waals surface area contributed by atoms with Crippen LogP contribution in [0.1, 0.15) is 137 Å². The van der Waals surface area contributed by atoms with Crippen LogP contribution in [0, 0.1) is 5.92 Å². The molecule has 3 aromatic heterocycles. The summed E-state index contributed by atoms with van der Waals surface area (Å²) in [7, 11) is 1.61. The van der Waals surface area contributed by atoms with Gasteiger partial charge in [-0.3, -0.25) is 9.78 Å². The van der Waals surface area contributed by atoms with Gasteiger partial charge in [-0.1, -0.05) is 88.4 Å². The lowest BCUT2D eigenvalue weighted by atomic mass is 9.84. The van der Waals surface area contributed by atoms with Crippen LogP contribution in [-0.2, 0) is 46.9 Å². The third-order valence-corrected chi connectivity index (χ3v) is 14.9. The summed E-state index contributed by atoms with van der Waals surface area (Å²) in [5.41, 5.74) is 3.31. The van der Waals surface area contributed by atoms with Gasteiger partial charge in [-0.05, 0) is 83.3 Å². The molecular weight excluding hydrogens is 1070 g/mol. The molecule has 71 heavy (non-hydrogen) atoms. The van der Waals surface area contributed by atoms with E-state index in [4.69, 9.17) is 14.8 Å². The molecule has 1 aliphatic carbocycles. The molecule has 0 unspecified atom stereocenters. The summed E-state index contributed by atoms with van der Waals surface area (Å²) in [5.74, 6) is -0.397. The Morgan fingerprint density at radius 3 is 1.82 bits per heavy atom. The van der Waals surface area contributed by atoms with Crippen LogP contribution in [0.25, 0.3) is 0 Å². The summed E-state index contributed by atoms with van der Waals surface area (Å²) in [6.07, 6.45) is 6.14. The number of hydrogen-bond acceptors (Lipinski definition) is 12. The standard InChI is InChI=1S/C39H49N5O4S2.C13H21N3O3S.HI/c1-27(2)36-41-32(25-49-36)23-44(33-17-18-33)37(46)43-39(3,4)35(45)21-30(19-28-11-7-5-8-12-28)15-16-31(20-29-13-9-6-10-14-29)42-38(47)48-24-34-22-40-26-50-34;1-8(2)10-14-9(7-20-10)6-16(5)12(19)15-13(3,4)11(17)18;/h5-14,22,25-27,30-31,33H,15-21,23-24H2,1-4H3,(H,42,47)(H,43,46);7-8H,6H2,1-5H3,(H,15,19)(H,17,18);1H/t30-,31-;;/m1../s1. The first-order valence-corrected chi connectivity index (χ1v) is 26.5. The first-order valence-electron chi connectivity index (χ1n) is 23.8. The van der Waals surface area contributed by atoms with Gasteiger partial charge >= 0.3 is 24.1 Å². The average molecular weight is 1140 g/mol. The van der Waals surface area contributed by atoms with Gasteiger partial charge in [0.15, 0.2) is 5.78 Å². The molecule has 1 fully saturated rings. The van der Waals surface area contributed by atoms with Gasteiger partial charge in [0.05, 0.1) is 50.4 Å². The topological polar surface area (TPSA) is 196 Å². The molecule has 0 aliphatic heterocycles. The average Bonchev–Trinajstić information content (AvgIpc) is 3.62. The summed E-state index contributed by atoms with van der Waals surface area (Å²) in [6, 6.07) is 19.5. The lowest BCUT2D eigenvalue weighted by Gasteiger charge is -2.31. The van der Waals surface area contributed by atoms with E-state index in [1.54, 1.807) is 55.3 Å². The third-order valence-electron chi connectivity index (χ3n) is 11.8. The third kappa shape index (κ3) is 19.5. The smallest absolute Gasteiger partial charge is 0.407 e. The number of ether oxygens (including phenoxy) is 1. The fourth-order valence-corrected chi connectivity index (χ4v) is 9.51. The molecule has 2 atom stereocenters. The number of aliphatic carboxylic acids is 1. The zero-order valence-electron chi connectivity index (χ0n) is 42.3. The van der Waals surface area contributed by atoms with Crippen molar-refractivity contribution in [3.8, 4) is 0 Å². The van der Waals surface area contributed by atoms with Crippen molar-refractivity contribution in [3.63, 3.8) is 0 Å². The molecule has 2 aromatic carbocycles. The molecule has 1 aliphatic rings. The Hall–Kier alpha value is -4.99. The van der Waals surface area contributed by atoms with Crippen LogP contribution in [0.5, 0.6) is 0 Å². The number of benzene rings is 2. The van der Waals surface area contributed by atoms with Crippen molar-refractivity contribution in [2.75, 3.05) is 7.05 Å². The molecule has 4 N–H and O–H groups in total. The van der Waals surface area contributed by atoms with Crippen molar-refractivity contribution in [1.29, 1.82) is 0 Å². The van der Waals surface area contributed by atoms with Gasteiger partial charge in [0.1, 0.15) is 12.1 Å². The van der Waals surface area contributed by atoms with E-state index in [-0.39, 0.29) is 60.4 Å². The highest BCUT2D eigenvalue weighted by Gasteiger charge is 2.38. The Morgan fingerprint density at radius 2 is 1.31 bits per heavy atom. The van der Waals surface area contributed by atoms with Crippen LogP contribution in [0.15, 0.2) is 83.1 Å². The number of alkyl carbamates (subject to hydrolysis) is 1. The van der Waals surface area contributed by atoms with Crippen LogP contribution >= 0.6 is 58.0 Å². The summed E-state index contributed by atoms with van der Waals surface area (Å²) in [4.78, 5) is 80.9. The quantitative estimate of drug-likeness (QED) is 0.0457. The molecule has 19 heteroatoms. The first kappa shape index (κ1) is 58.6. The lowest BCUT2D eigenvalue weighted by molar-refractivity contribution is -0.143. The minimum atomic E-state index is -1.30. The Morgan fingerprint density at radius 1 is 0.761 bits per heavy atom. The Bertz CT molecular complexity index is 2440. The molecule has 0 spiro atoms. The summed E-state index contributed by atoms with van der Waals surface area (Å²) in [6.45, 7) is 15.8. The van der Waals surface area contributed by atoms with Crippen LogP contribution in [0.2, 0.25) is 0 Å². The molecule has 0 radical (unpaired) electrons. The van der Waals surface area contributed by atoms with E-state index in [1.807, 2.05) is 52.1 Å². The summed E-state index contributed by atoms with van der Waals surface area (Å²) < 4.78 is 5.51. The van der Waals surface area contributed by atoms with Gasteiger partial charge in [-0.15, -0.1) is 58.0 Å². The Kier molecular flexibility index (Phi) is 22.9. The van der Waals surface area contributed by atoms with E-state index in [0.717, 1.165) is 50.2 Å². The normalized spacial score (nSPS) is 13.2. The number of amides is 5. The maximum absolute atomic E-state index is 14.0. The highest BCUT2D eigenvalue weighted by Crippen LogP contribution is 2.31. The molecule has 0 bridgehead atoms. The molecule has 1 saturated carbocycles. The number of carboxylic acid groups (broad SMARTS) is 1. The number of thiazole rings is 3. The number of hydrogen-bond donors (Lipinski definition) is 4. The molecule has 3 heterocycles. The van der Waals surface area contributed by atoms with Crippen LogP contribution in [0.4, 0.5) is 14.4 Å². The molecule has 0 saturated heterocycles. The lowest BCUT2D eigenvalue weighted by Crippen LogP contribution is -2.55. The summed E-state index contributed by atoms with van der Waals surface area (Å²) in [5, 5.41) is 23.7. The number of Topliss-reactive ketones (excluding diaryl/α,β-unsaturated/α-hetero) is 1. The van der Waals surface area contributed by atoms with E-state index < -0.39 is 29.2 Å². The van der Waals surface area contributed by atoms with Crippen molar-refractivity contribution in [2.45, 2.75) is 155 Å². The van der Waals surface area contributed by atoms with Crippen molar-refractivity contribution in [2.24, 2.45) is 5.92 Å². The van der Waals surface area contributed by atoms with E-state index in [1.165, 1.54) is 30.1 Å². The first-order chi connectivity index (χ1) is 33.2. The second-order valence-electron chi connectivity index (χ2n) is 19.6.